The quantitative estimate of drug-likeness (QED) is 0.664. The molecule has 0 aromatic heterocycles. The molecule has 108 valence electrons. The van der Waals surface area contributed by atoms with Crippen LogP contribution in [-0.2, 0) is 0 Å². The molecule has 1 aliphatic carbocycles. The number of nitrogens with two attached hydrogens (primary N) is 1. The Morgan fingerprint density at radius 1 is 1.19 bits per heavy atom. The topological polar surface area (TPSA) is 50.4 Å². The number of aliphatic imine (C=N–C) groups is 1. The van der Waals surface area contributed by atoms with E-state index in [1.54, 1.807) is 0 Å². The Bertz CT molecular complexity index is 634. The van der Waals surface area contributed by atoms with Gasteiger partial charge in [-0.3, -0.25) is 4.99 Å². The van der Waals surface area contributed by atoms with E-state index in [-0.39, 0.29) is 0 Å². The average Bonchev–Trinajstić information content (AvgIpc) is 3.26. The molecule has 1 saturated carbocycles. The van der Waals surface area contributed by atoms with Crippen molar-refractivity contribution in [1.82, 2.24) is 0 Å². The van der Waals surface area contributed by atoms with Crippen LogP contribution < -0.4 is 11.1 Å². The predicted octanol–water partition coefficient (Wildman–Crippen LogP) is 3.53. The maximum atomic E-state index is 5.95. The zero-order valence-electron chi connectivity index (χ0n) is 12.3. The first-order valence-corrected chi connectivity index (χ1v) is 7.41. The minimum absolute atomic E-state index is 0.499. The third-order valence-electron chi connectivity index (χ3n) is 3.94. The zero-order chi connectivity index (χ0) is 14.7. The standard InChI is InChI=1S/C18H21N3/c1-13-6-5-9-16(10-13)21-18(19)20-12-15-11-17(15)14-7-3-2-4-8-14/h2-10,15,17H,11-12H2,1H3,(H3,19,20,21). The van der Waals surface area contributed by atoms with Crippen LogP contribution in [0.5, 0.6) is 0 Å². The van der Waals surface area contributed by atoms with Crippen molar-refractivity contribution in [2.75, 3.05) is 11.9 Å². The highest BCUT2D eigenvalue weighted by atomic mass is 15.1. The SMILES string of the molecule is Cc1cccc(NC(N)=NCC2CC2c2ccccc2)c1. The van der Waals surface area contributed by atoms with E-state index < -0.39 is 0 Å². The molecule has 0 aliphatic heterocycles. The molecule has 0 bridgehead atoms. The second kappa shape index (κ2) is 6.00. The maximum Gasteiger partial charge on any atom is 0.193 e. The Morgan fingerprint density at radius 2 is 2.00 bits per heavy atom. The number of nitrogens with one attached hydrogen (secondary N) is 1. The lowest BCUT2D eigenvalue weighted by Crippen LogP contribution is -2.23. The van der Waals surface area contributed by atoms with Crippen LogP contribution in [0.1, 0.15) is 23.5 Å². The van der Waals surface area contributed by atoms with Gasteiger partial charge in [0.25, 0.3) is 0 Å². The van der Waals surface area contributed by atoms with Crippen LogP contribution in [0, 0.1) is 12.8 Å². The summed E-state index contributed by atoms with van der Waals surface area (Å²) in [5.41, 5.74) is 9.57. The van der Waals surface area contributed by atoms with Gasteiger partial charge in [-0.05, 0) is 48.4 Å². The summed E-state index contributed by atoms with van der Waals surface area (Å²) in [7, 11) is 0. The van der Waals surface area contributed by atoms with Gasteiger partial charge in [-0.15, -0.1) is 0 Å². The van der Waals surface area contributed by atoms with E-state index in [1.165, 1.54) is 17.5 Å². The number of nitrogens with zero attached hydrogens (tertiary/aromatic N) is 1. The fourth-order valence-corrected chi connectivity index (χ4v) is 2.68. The molecular weight excluding hydrogens is 258 g/mol. The number of anilines is 1. The number of guanidine groups is 1. The molecular formula is C18H21N3. The van der Waals surface area contributed by atoms with Gasteiger partial charge in [0.1, 0.15) is 0 Å². The number of hydrogen-bond donors (Lipinski definition) is 2. The van der Waals surface area contributed by atoms with E-state index in [4.69, 9.17) is 5.73 Å². The molecule has 1 fully saturated rings. The third-order valence-corrected chi connectivity index (χ3v) is 3.94. The first-order valence-electron chi connectivity index (χ1n) is 7.41. The lowest BCUT2D eigenvalue weighted by Gasteiger charge is -2.06. The zero-order valence-corrected chi connectivity index (χ0v) is 12.3. The summed E-state index contributed by atoms with van der Waals surface area (Å²) >= 11 is 0. The second-order valence-electron chi connectivity index (χ2n) is 5.73. The summed E-state index contributed by atoms with van der Waals surface area (Å²) in [5.74, 6) is 1.78. The Labute approximate surface area is 125 Å². The van der Waals surface area contributed by atoms with E-state index in [1.807, 2.05) is 12.1 Å². The molecule has 0 saturated heterocycles. The van der Waals surface area contributed by atoms with Crippen LogP contribution in [0.4, 0.5) is 5.69 Å². The van der Waals surface area contributed by atoms with Crippen molar-refractivity contribution in [3.05, 3.63) is 65.7 Å². The molecule has 21 heavy (non-hydrogen) atoms. The van der Waals surface area contributed by atoms with Gasteiger partial charge in [0, 0.05) is 12.2 Å². The summed E-state index contributed by atoms with van der Waals surface area (Å²) in [6, 6.07) is 18.8. The third kappa shape index (κ3) is 3.63. The smallest absolute Gasteiger partial charge is 0.193 e. The highest BCUT2D eigenvalue weighted by molar-refractivity contribution is 5.92. The normalized spacial score (nSPS) is 21.1. The van der Waals surface area contributed by atoms with Gasteiger partial charge < -0.3 is 11.1 Å². The molecule has 3 rings (SSSR count). The minimum Gasteiger partial charge on any atom is -0.370 e. The van der Waals surface area contributed by atoms with E-state index >= 15 is 0 Å². The van der Waals surface area contributed by atoms with Crippen molar-refractivity contribution in [3.8, 4) is 0 Å². The van der Waals surface area contributed by atoms with Crippen LogP contribution in [-0.4, -0.2) is 12.5 Å². The van der Waals surface area contributed by atoms with Crippen LogP contribution in [0.15, 0.2) is 59.6 Å². The average molecular weight is 279 g/mol. The van der Waals surface area contributed by atoms with Crippen LogP contribution in [0.25, 0.3) is 0 Å². The molecule has 2 unspecified atom stereocenters. The lowest BCUT2D eigenvalue weighted by atomic mass is 10.1. The largest absolute Gasteiger partial charge is 0.370 e. The highest BCUT2D eigenvalue weighted by Crippen LogP contribution is 2.47. The fraction of sp³-hybridized carbons (Fsp3) is 0.278. The van der Waals surface area contributed by atoms with E-state index in [2.05, 4.69) is 59.7 Å². The molecule has 3 nitrogen and oxygen atoms in total. The van der Waals surface area contributed by atoms with Gasteiger partial charge in [0.15, 0.2) is 5.96 Å². The van der Waals surface area contributed by atoms with Gasteiger partial charge in [0.05, 0.1) is 0 Å². The molecule has 0 amide bonds. The molecule has 0 heterocycles. The van der Waals surface area contributed by atoms with Crippen molar-refractivity contribution >= 4 is 11.6 Å². The van der Waals surface area contributed by atoms with Crippen LogP contribution in [0.2, 0.25) is 0 Å². The number of rotatable bonds is 4. The summed E-state index contributed by atoms with van der Waals surface area (Å²) in [4.78, 5) is 4.47. The summed E-state index contributed by atoms with van der Waals surface area (Å²) in [5, 5.41) is 3.15. The van der Waals surface area contributed by atoms with Crippen molar-refractivity contribution < 1.29 is 0 Å². The number of hydrogen-bond acceptors (Lipinski definition) is 1. The molecule has 3 N–H and O–H groups in total. The monoisotopic (exact) mass is 279 g/mol. The molecule has 0 spiro atoms. The first-order chi connectivity index (χ1) is 10.2. The Balaban J connectivity index is 1.53. The fourth-order valence-electron chi connectivity index (χ4n) is 2.68. The Hall–Kier alpha value is -2.29. The van der Waals surface area contributed by atoms with Crippen molar-refractivity contribution in [2.24, 2.45) is 16.6 Å². The minimum atomic E-state index is 0.499. The van der Waals surface area contributed by atoms with E-state index in [0.717, 1.165) is 12.2 Å². The lowest BCUT2D eigenvalue weighted by molar-refractivity contribution is 0.809. The van der Waals surface area contributed by atoms with Gasteiger partial charge in [-0.25, -0.2) is 0 Å². The molecule has 2 aromatic rings. The highest BCUT2D eigenvalue weighted by Gasteiger charge is 2.37. The number of aryl methyl sites for hydroxylation is 1. The molecule has 1 aliphatic rings. The summed E-state index contributed by atoms with van der Waals surface area (Å²) < 4.78 is 0. The Kier molecular flexibility index (Phi) is 3.91. The van der Waals surface area contributed by atoms with E-state index in [9.17, 15) is 0 Å². The van der Waals surface area contributed by atoms with Gasteiger partial charge in [-0.2, -0.15) is 0 Å². The summed E-state index contributed by atoms with van der Waals surface area (Å²) in [6.07, 6.45) is 1.21. The van der Waals surface area contributed by atoms with Crippen molar-refractivity contribution in [1.29, 1.82) is 0 Å². The molecule has 2 atom stereocenters. The summed E-state index contributed by atoms with van der Waals surface area (Å²) in [6.45, 7) is 2.86. The van der Waals surface area contributed by atoms with Gasteiger partial charge in [0.2, 0.25) is 0 Å². The Morgan fingerprint density at radius 3 is 2.76 bits per heavy atom. The second-order valence-corrected chi connectivity index (χ2v) is 5.73. The van der Waals surface area contributed by atoms with Gasteiger partial charge in [-0.1, -0.05) is 42.5 Å². The molecule has 2 aromatic carbocycles. The predicted molar refractivity (Wildman–Crippen MR) is 88.6 cm³/mol. The van der Waals surface area contributed by atoms with Gasteiger partial charge >= 0.3 is 0 Å². The first kappa shape index (κ1) is 13.7. The van der Waals surface area contributed by atoms with Crippen molar-refractivity contribution in [2.45, 2.75) is 19.3 Å². The van der Waals surface area contributed by atoms with Crippen LogP contribution >= 0.6 is 0 Å². The maximum absolute atomic E-state index is 5.95. The molecule has 3 heteroatoms. The van der Waals surface area contributed by atoms with Crippen LogP contribution in [0.3, 0.4) is 0 Å². The van der Waals surface area contributed by atoms with Crippen molar-refractivity contribution in [3.63, 3.8) is 0 Å². The number of benzene rings is 2. The van der Waals surface area contributed by atoms with E-state index in [0.29, 0.717) is 17.8 Å². The molecule has 0 radical (unpaired) electrons.